The summed E-state index contributed by atoms with van der Waals surface area (Å²) in [5.41, 5.74) is 5.19. The van der Waals surface area contributed by atoms with Crippen LogP contribution < -0.4 is 10.5 Å². The topological polar surface area (TPSA) is 81.4 Å². The van der Waals surface area contributed by atoms with E-state index in [0.717, 1.165) is 25.0 Å². The van der Waals surface area contributed by atoms with E-state index in [9.17, 15) is 12.8 Å². The van der Waals surface area contributed by atoms with Gasteiger partial charge in [0.1, 0.15) is 5.82 Å². The zero-order valence-electron chi connectivity index (χ0n) is 11.9. The van der Waals surface area contributed by atoms with Crippen molar-refractivity contribution in [2.75, 3.05) is 25.5 Å². The maximum absolute atomic E-state index is 13.2. The van der Waals surface area contributed by atoms with E-state index in [0.29, 0.717) is 19.6 Å². The van der Waals surface area contributed by atoms with Crippen molar-refractivity contribution in [2.24, 2.45) is 0 Å². The highest BCUT2D eigenvalue weighted by Gasteiger charge is 2.19. The summed E-state index contributed by atoms with van der Waals surface area (Å²) in [6, 6.07) is 2.14. The van der Waals surface area contributed by atoms with Crippen molar-refractivity contribution in [2.45, 2.75) is 31.1 Å². The molecule has 0 saturated carbocycles. The zero-order chi connectivity index (χ0) is 15.9. The number of nitrogen functional groups attached to an aromatic ring is 1. The zero-order valence-corrected chi connectivity index (χ0v) is 14.3. The van der Waals surface area contributed by atoms with Crippen LogP contribution in [0, 0.1) is 5.82 Å². The molecule has 0 aliphatic carbocycles. The maximum atomic E-state index is 13.2. The molecule has 0 aromatic heterocycles. The van der Waals surface area contributed by atoms with Gasteiger partial charge in [-0.2, -0.15) is 0 Å². The summed E-state index contributed by atoms with van der Waals surface area (Å²) in [5.74, 6) is -0.662. The van der Waals surface area contributed by atoms with E-state index in [2.05, 4.69) is 27.6 Å². The standard InChI is InChI=1S/C13H20BrFN2O3S/c1-2-3-6-20-7-4-5-17-21(18,19)13-9-12(16)11(15)8-10(13)14/h8-9,17H,2-7,16H2,1H3. The summed E-state index contributed by atoms with van der Waals surface area (Å²) in [6.07, 6.45) is 2.62. The molecule has 0 amide bonds. The first-order valence-corrected chi connectivity index (χ1v) is 8.98. The van der Waals surface area contributed by atoms with Crippen LogP contribution in [0.2, 0.25) is 0 Å². The molecule has 0 saturated heterocycles. The number of benzene rings is 1. The van der Waals surface area contributed by atoms with Crippen LogP contribution in [0.3, 0.4) is 0 Å². The molecule has 8 heteroatoms. The van der Waals surface area contributed by atoms with E-state index in [1.165, 1.54) is 0 Å². The van der Waals surface area contributed by atoms with Gasteiger partial charge >= 0.3 is 0 Å². The van der Waals surface area contributed by atoms with Crippen molar-refractivity contribution in [3.8, 4) is 0 Å². The SMILES string of the molecule is CCCCOCCCNS(=O)(=O)c1cc(N)c(F)cc1Br. The lowest BCUT2D eigenvalue weighted by Crippen LogP contribution is -2.26. The van der Waals surface area contributed by atoms with E-state index >= 15 is 0 Å². The Bertz CT molecular complexity index is 567. The first-order valence-electron chi connectivity index (χ1n) is 6.70. The molecule has 3 N–H and O–H groups in total. The van der Waals surface area contributed by atoms with Gasteiger partial charge in [0, 0.05) is 24.2 Å². The van der Waals surface area contributed by atoms with Gasteiger partial charge in [0.15, 0.2) is 0 Å². The Morgan fingerprint density at radius 2 is 2.00 bits per heavy atom. The van der Waals surface area contributed by atoms with Crippen molar-refractivity contribution in [3.63, 3.8) is 0 Å². The second-order valence-corrected chi connectivity index (χ2v) is 7.11. The minimum Gasteiger partial charge on any atom is -0.396 e. The average molecular weight is 383 g/mol. The first kappa shape index (κ1) is 18.3. The molecular formula is C13H20BrFN2O3S. The fourth-order valence-corrected chi connectivity index (χ4v) is 3.68. The Kier molecular flexibility index (Phi) is 7.58. The minimum absolute atomic E-state index is 0.0756. The van der Waals surface area contributed by atoms with E-state index in [-0.39, 0.29) is 21.6 Å². The van der Waals surface area contributed by atoms with Crippen molar-refractivity contribution >= 4 is 31.6 Å². The van der Waals surface area contributed by atoms with Crippen LogP contribution in [-0.4, -0.2) is 28.2 Å². The van der Waals surface area contributed by atoms with Gasteiger partial charge in [0.05, 0.1) is 10.6 Å². The molecule has 0 radical (unpaired) electrons. The second kappa shape index (κ2) is 8.67. The highest BCUT2D eigenvalue weighted by Crippen LogP contribution is 2.26. The summed E-state index contributed by atoms with van der Waals surface area (Å²) in [5, 5.41) is 0. The number of hydrogen-bond acceptors (Lipinski definition) is 4. The molecule has 0 aliphatic heterocycles. The largest absolute Gasteiger partial charge is 0.396 e. The first-order chi connectivity index (χ1) is 9.88. The quantitative estimate of drug-likeness (QED) is 0.508. The van der Waals surface area contributed by atoms with Gasteiger partial charge in [0.25, 0.3) is 0 Å². The fraction of sp³-hybridized carbons (Fsp3) is 0.538. The van der Waals surface area contributed by atoms with Gasteiger partial charge in [-0.25, -0.2) is 17.5 Å². The van der Waals surface area contributed by atoms with E-state index < -0.39 is 15.8 Å². The fourth-order valence-electron chi connectivity index (χ4n) is 1.56. The molecule has 21 heavy (non-hydrogen) atoms. The van der Waals surface area contributed by atoms with E-state index in [1.54, 1.807) is 0 Å². The molecule has 0 spiro atoms. The van der Waals surface area contributed by atoms with Gasteiger partial charge in [-0.3, -0.25) is 0 Å². The maximum Gasteiger partial charge on any atom is 0.241 e. The van der Waals surface area contributed by atoms with Gasteiger partial charge < -0.3 is 10.5 Å². The lowest BCUT2D eigenvalue weighted by molar-refractivity contribution is 0.130. The molecule has 0 bridgehead atoms. The van der Waals surface area contributed by atoms with Gasteiger partial charge in [-0.1, -0.05) is 13.3 Å². The summed E-state index contributed by atoms with van der Waals surface area (Å²) < 4.78 is 45.3. The number of nitrogens with one attached hydrogen (secondary N) is 1. The molecule has 0 unspecified atom stereocenters. The van der Waals surface area contributed by atoms with Crippen LogP contribution in [0.5, 0.6) is 0 Å². The number of ether oxygens (including phenoxy) is 1. The monoisotopic (exact) mass is 382 g/mol. The smallest absolute Gasteiger partial charge is 0.241 e. The Labute approximate surface area is 133 Å². The molecule has 1 aromatic carbocycles. The minimum atomic E-state index is -3.73. The summed E-state index contributed by atoms with van der Waals surface area (Å²) in [4.78, 5) is -0.0756. The molecule has 5 nitrogen and oxygen atoms in total. The van der Waals surface area contributed by atoms with Crippen molar-refractivity contribution in [1.82, 2.24) is 4.72 Å². The lowest BCUT2D eigenvalue weighted by atomic mass is 10.3. The van der Waals surface area contributed by atoms with Crippen LogP contribution in [0.25, 0.3) is 0 Å². The number of halogens is 2. The van der Waals surface area contributed by atoms with Crippen LogP contribution in [-0.2, 0) is 14.8 Å². The summed E-state index contributed by atoms with van der Waals surface area (Å²) in [6.45, 7) is 3.50. The van der Waals surface area contributed by atoms with Crippen LogP contribution >= 0.6 is 15.9 Å². The highest BCUT2D eigenvalue weighted by atomic mass is 79.9. The van der Waals surface area contributed by atoms with E-state index in [4.69, 9.17) is 10.5 Å². The van der Waals surface area contributed by atoms with Crippen molar-refractivity contribution < 1.29 is 17.5 Å². The lowest BCUT2D eigenvalue weighted by Gasteiger charge is -2.10. The molecule has 0 fully saturated rings. The number of anilines is 1. The Balaban J connectivity index is 2.53. The van der Waals surface area contributed by atoms with Crippen molar-refractivity contribution in [1.29, 1.82) is 0 Å². The molecule has 1 rings (SSSR count). The Morgan fingerprint density at radius 1 is 1.33 bits per heavy atom. The number of rotatable bonds is 9. The average Bonchev–Trinajstić information content (AvgIpc) is 2.41. The highest BCUT2D eigenvalue weighted by molar-refractivity contribution is 9.10. The Hall–Kier alpha value is -0.700. The van der Waals surface area contributed by atoms with Crippen LogP contribution in [0.15, 0.2) is 21.5 Å². The summed E-state index contributed by atoms with van der Waals surface area (Å²) in [7, 11) is -3.73. The van der Waals surface area contributed by atoms with Gasteiger partial charge in [-0.15, -0.1) is 0 Å². The number of unbranched alkanes of at least 4 members (excludes halogenated alkanes) is 1. The number of hydrogen-bond donors (Lipinski definition) is 2. The van der Waals surface area contributed by atoms with E-state index in [1.807, 2.05) is 0 Å². The molecule has 120 valence electrons. The Morgan fingerprint density at radius 3 is 2.67 bits per heavy atom. The second-order valence-electron chi connectivity index (χ2n) is 4.52. The third-order valence-corrected chi connectivity index (χ3v) is 5.16. The van der Waals surface area contributed by atoms with Crippen LogP contribution in [0.4, 0.5) is 10.1 Å². The molecule has 0 heterocycles. The van der Waals surface area contributed by atoms with Gasteiger partial charge in [0.2, 0.25) is 10.0 Å². The predicted octanol–water partition coefficient (Wildman–Crippen LogP) is 2.66. The normalized spacial score (nSPS) is 11.8. The molecule has 0 atom stereocenters. The van der Waals surface area contributed by atoms with Gasteiger partial charge in [-0.05, 0) is 40.9 Å². The molecule has 0 aliphatic rings. The number of sulfonamides is 1. The van der Waals surface area contributed by atoms with Crippen molar-refractivity contribution in [3.05, 3.63) is 22.4 Å². The third kappa shape index (κ3) is 5.90. The molecular weight excluding hydrogens is 363 g/mol. The molecule has 1 aromatic rings. The summed E-state index contributed by atoms with van der Waals surface area (Å²) >= 11 is 3.03. The predicted molar refractivity (Wildman–Crippen MR) is 84.0 cm³/mol. The third-order valence-electron chi connectivity index (χ3n) is 2.74. The number of nitrogens with two attached hydrogens (primary N) is 1. The van der Waals surface area contributed by atoms with Crippen LogP contribution in [0.1, 0.15) is 26.2 Å².